The molecule has 1 N–H and O–H groups in total. The van der Waals surface area contributed by atoms with Gasteiger partial charge < -0.3 is 9.80 Å². The minimum absolute atomic E-state index is 0.0384. The molecule has 2 aliphatic rings. The fourth-order valence-electron chi connectivity index (χ4n) is 3.07. The van der Waals surface area contributed by atoms with Crippen LogP contribution in [-0.4, -0.2) is 35.6 Å². The van der Waals surface area contributed by atoms with Crippen LogP contribution in [-0.2, 0) is 0 Å². The van der Waals surface area contributed by atoms with Gasteiger partial charge in [-0.25, -0.2) is 4.39 Å². The molecule has 0 radical (unpaired) electrons. The summed E-state index contributed by atoms with van der Waals surface area (Å²) >= 11 is 6.31. The van der Waals surface area contributed by atoms with Gasteiger partial charge in [-0.3, -0.25) is 5.32 Å². The SMILES string of the molecule is Cc1cc(C2C(C3C=CN(C)C(Cl)N3)=CC=CN2C)ccc1F. The van der Waals surface area contributed by atoms with E-state index >= 15 is 0 Å². The van der Waals surface area contributed by atoms with Crippen molar-refractivity contribution in [2.24, 2.45) is 0 Å². The lowest BCUT2D eigenvalue weighted by molar-refractivity contribution is 0.306. The molecule has 1 aromatic carbocycles. The first-order valence-corrected chi connectivity index (χ1v) is 8.07. The summed E-state index contributed by atoms with van der Waals surface area (Å²) in [7, 11) is 3.96. The summed E-state index contributed by atoms with van der Waals surface area (Å²) in [6, 6.07) is 5.40. The van der Waals surface area contributed by atoms with Crippen LogP contribution in [0.3, 0.4) is 0 Å². The highest BCUT2D eigenvalue weighted by Gasteiger charge is 2.30. The zero-order valence-electron chi connectivity index (χ0n) is 13.5. The lowest BCUT2D eigenvalue weighted by Crippen LogP contribution is -2.48. The van der Waals surface area contributed by atoms with Crippen LogP contribution in [0.15, 0.2) is 54.4 Å². The van der Waals surface area contributed by atoms with Gasteiger partial charge in [0.05, 0.1) is 12.1 Å². The Labute approximate surface area is 141 Å². The summed E-state index contributed by atoms with van der Waals surface area (Å²) in [6.45, 7) is 1.80. The molecule has 0 fully saturated rings. The van der Waals surface area contributed by atoms with E-state index in [1.54, 1.807) is 6.92 Å². The molecule has 0 saturated carbocycles. The fourth-order valence-corrected chi connectivity index (χ4v) is 3.27. The Balaban J connectivity index is 1.97. The van der Waals surface area contributed by atoms with E-state index in [0.29, 0.717) is 5.56 Å². The quantitative estimate of drug-likeness (QED) is 0.660. The maximum absolute atomic E-state index is 13.6. The molecule has 1 aromatic rings. The summed E-state index contributed by atoms with van der Waals surface area (Å²) in [5.74, 6) is -0.175. The van der Waals surface area contributed by atoms with E-state index in [4.69, 9.17) is 11.6 Å². The predicted octanol–water partition coefficient (Wildman–Crippen LogP) is 3.50. The Morgan fingerprint density at radius 3 is 2.65 bits per heavy atom. The number of nitrogens with zero attached hydrogens (tertiary/aromatic N) is 2. The summed E-state index contributed by atoms with van der Waals surface area (Å²) in [5, 5.41) is 3.38. The predicted molar refractivity (Wildman–Crippen MR) is 92.3 cm³/mol. The van der Waals surface area contributed by atoms with E-state index in [9.17, 15) is 4.39 Å². The minimum atomic E-state index is -0.252. The molecule has 3 nitrogen and oxygen atoms in total. The first-order chi connectivity index (χ1) is 11.0. The van der Waals surface area contributed by atoms with E-state index in [1.807, 2.05) is 49.6 Å². The van der Waals surface area contributed by atoms with Crippen molar-refractivity contribution in [3.05, 3.63) is 71.3 Å². The van der Waals surface area contributed by atoms with Crippen LogP contribution < -0.4 is 5.32 Å². The van der Waals surface area contributed by atoms with Crippen LogP contribution in [0.1, 0.15) is 17.2 Å². The molecular weight excluding hydrogens is 313 g/mol. The molecule has 0 spiro atoms. The highest BCUT2D eigenvalue weighted by atomic mass is 35.5. The molecule has 2 heterocycles. The van der Waals surface area contributed by atoms with Gasteiger partial charge in [-0.1, -0.05) is 29.8 Å². The normalized spacial score (nSPS) is 27.3. The molecule has 0 bridgehead atoms. The maximum atomic E-state index is 13.6. The molecule has 0 aliphatic carbocycles. The number of halogens is 2. The van der Waals surface area contributed by atoms with Gasteiger partial charge in [-0.15, -0.1) is 0 Å². The Kier molecular flexibility index (Phi) is 4.46. The zero-order chi connectivity index (χ0) is 16.6. The standard InChI is InChI=1S/C18H21ClFN3/c1-12-11-13(6-7-15(12)20)17-14(5-4-9-22(17)2)16-8-10-23(3)18(19)21-16/h4-11,16-18,21H,1-3H3. The van der Waals surface area contributed by atoms with Crippen molar-refractivity contribution in [1.82, 2.24) is 15.1 Å². The van der Waals surface area contributed by atoms with Gasteiger partial charge in [0.2, 0.25) is 0 Å². The van der Waals surface area contributed by atoms with Crippen molar-refractivity contribution in [3.8, 4) is 0 Å². The molecule has 5 heteroatoms. The van der Waals surface area contributed by atoms with E-state index in [1.165, 1.54) is 11.6 Å². The molecule has 0 amide bonds. The van der Waals surface area contributed by atoms with Crippen LogP contribution in [0.5, 0.6) is 0 Å². The average Bonchev–Trinajstić information content (AvgIpc) is 2.53. The van der Waals surface area contributed by atoms with Crippen molar-refractivity contribution in [2.45, 2.75) is 24.6 Å². The van der Waals surface area contributed by atoms with Crippen molar-refractivity contribution < 1.29 is 4.39 Å². The third-order valence-electron chi connectivity index (χ3n) is 4.38. The molecule has 0 saturated heterocycles. The molecule has 3 atom stereocenters. The van der Waals surface area contributed by atoms with Gasteiger partial charge in [0.25, 0.3) is 0 Å². The third kappa shape index (κ3) is 3.14. The van der Waals surface area contributed by atoms with Crippen molar-refractivity contribution in [2.75, 3.05) is 14.1 Å². The van der Waals surface area contributed by atoms with Crippen LogP contribution in [0.4, 0.5) is 4.39 Å². The number of likely N-dealkylation sites (N-methyl/N-ethyl adjacent to an activating group) is 1. The Bertz CT molecular complexity index is 683. The third-order valence-corrected chi connectivity index (χ3v) is 4.81. The number of allylic oxidation sites excluding steroid dienone is 2. The Hall–Kier alpha value is -1.78. The maximum Gasteiger partial charge on any atom is 0.157 e. The van der Waals surface area contributed by atoms with Gasteiger partial charge in [-0.2, -0.15) is 0 Å². The summed E-state index contributed by atoms with van der Waals surface area (Å²) in [5.41, 5.74) is 2.67. The van der Waals surface area contributed by atoms with Gasteiger partial charge in [-0.05, 0) is 54.2 Å². The molecular formula is C18H21ClFN3. The van der Waals surface area contributed by atoms with Crippen molar-refractivity contribution >= 4 is 11.6 Å². The molecule has 23 heavy (non-hydrogen) atoms. The second kappa shape index (κ2) is 6.38. The summed E-state index contributed by atoms with van der Waals surface area (Å²) in [6.07, 6.45) is 10.3. The number of alkyl halides is 1. The smallest absolute Gasteiger partial charge is 0.157 e. The van der Waals surface area contributed by atoms with Crippen LogP contribution in [0, 0.1) is 12.7 Å². The highest BCUT2D eigenvalue weighted by molar-refractivity contribution is 6.20. The van der Waals surface area contributed by atoms with Crippen LogP contribution in [0.2, 0.25) is 0 Å². The molecule has 122 valence electrons. The largest absolute Gasteiger partial charge is 0.370 e. The van der Waals surface area contributed by atoms with E-state index in [0.717, 1.165) is 5.56 Å². The number of nitrogens with one attached hydrogen (secondary N) is 1. The van der Waals surface area contributed by atoms with E-state index in [2.05, 4.69) is 22.4 Å². The van der Waals surface area contributed by atoms with E-state index in [-0.39, 0.29) is 23.5 Å². The lowest BCUT2D eigenvalue weighted by Gasteiger charge is -2.39. The monoisotopic (exact) mass is 333 g/mol. The van der Waals surface area contributed by atoms with Crippen LogP contribution in [0.25, 0.3) is 0 Å². The number of hydrogen-bond donors (Lipinski definition) is 1. The molecule has 3 unspecified atom stereocenters. The number of aryl methyl sites for hydroxylation is 1. The summed E-state index contributed by atoms with van der Waals surface area (Å²) in [4.78, 5) is 4.05. The highest BCUT2D eigenvalue weighted by Crippen LogP contribution is 2.34. The lowest BCUT2D eigenvalue weighted by atomic mass is 9.89. The fraction of sp³-hybridized carbons (Fsp3) is 0.333. The van der Waals surface area contributed by atoms with Gasteiger partial charge >= 0.3 is 0 Å². The van der Waals surface area contributed by atoms with Gasteiger partial charge in [0.1, 0.15) is 5.82 Å². The Morgan fingerprint density at radius 2 is 1.96 bits per heavy atom. The topological polar surface area (TPSA) is 18.5 Å². The molecule has 3 rings (SSSR count). The van der Waals surface area contributed by atoms with Crippen molar-refractivity contribution in [1.29, 1.82) is 0 Å². The van der Waals surface area contributed by atoms with Crippen LogP contribution >= 0.6 is 11.6 Å². The number of benzene rings is 1. The van der Waals surface area contributed by atoms with Gasteiger partial charge in [0.15, 0.2) is 5.62 Å². The molecule has 2 aliphatic heterocycles. The second-order valence-corrected chi connectivity index (χ2v) is 6.49. The average molecular weight is 334 g/mol. The van der Waals surface area contributed by atoms with Gasteiger partial charge in [0, 0.05) is 14.1 Å². The van der Waals surface area contributed by atoms with Crippen molar-refractivity contribution in [3.63, 3.8) is 0 Å². The molecule has 0 aromatic heterocycles. The first kappa shape index (κ1) is 16.1. The zero-order valence-corrected chi connectivity index (χ0v) is 14.3. The first-order valence-electron chi connectivity index (χ1n) is 7.64. The summed E-state index contributed by atoms with van der Waals surface area (Å²) < 4.78 is 13.6. The Morgan fingerprint density at radius 1 is 1.17 bits per heavy atom. The second-order valence-electron chi connectivity index (χ2n) is 6.07. The number of hydrogen-bond acceptors (Lipinski definition) is 3. The van der Waals surface area contributed by atoms with E-state index < -0.39 is 0 Å². The number of rotatable bonds is 2. The minimum Gasteiger partial charge on any atom is -0.370 e.